The van der Waals surface area contributed by atoms with Gasteiger partial charge in [0.15, 0.2) is 0 Å². The van der Waals surface area contributed by atoms with E-state index in [0.29, 0.717) is 13.0 Å². The Morgan fingerprint density at radius 3 is 2.94 bits per heavy atom. The summed E-state index contributed by atoms with van der Waals surface area (Å²) in [7, 11) is 0. The number of amides is 1. The molecular formula is C13H16N2O3. The zero-order valence-electron chi connectivity index (χ0n) is 10.1. The first-order valence-electron chi connectivity index (χ1n) is 6.09. The summed E-state index contributed by atoms with van der Waals surface area (Å²) in [6, 6.07) is 2.93. The molecule has 1 fully saturated rings. The molecular weight excluding hydrogens is 232 g/mol. The van der Waals surface area contributed by atoms with E-state index in [4.69, 9.17) is 5.11 Å². The van der Waals surface area contributed by atoms with Crippen molar-refractivity contribution in [1.82, 2.24) is 9.88 Å². The fourth-order valence-electron chi connectivity index (χ4n) is 2.27. The van der Waals surface area contributed by atoms with Crippen molar-refractivity contribution in [3.63, 3.8) is 0 Å². The van der Waals surface area contributed by atoms with Gasteiger partial charge in [-0.05, 0) is 30.9 Å². The second-order valence-electron chi connectivity index (χ2n) is 4.48. The third-order valence-corrected chi connectivity index (χ3v) is 3.19. The van der Waals surface area contributed by atoms with Crippen LogP contribution in [0, 0.1) is 0 Å². The van der Waals surface area contributed by atoms with Crippen LogP contribution in [0.4, 0.5) is 0 Å². The Balaban J connectivity index is 2.05. The molecule has 2 rings (SSSR count). The largest absolute Gasteiger partial charge is 0.480 e. The van der Waals surface area contributed by atoms with E-state index in [9.17, 15) is 9.59 Å². The molecule has 1 saturated heterocycles. The topological polar surface area (TPSA) is 70.5 Å². The first-order valence-corrected chi connectivity index (χ1v) is 6.09. The molecule has 1 unspecified atom stereocenters. The van der Waals surface area contributed by atoms with Crippen LogP contribution >= 0.6 is 0 Å². The highest BCUT2D eigenvalue weighted by Crippen LogP contribution is 2.18. The smallest absolute Gasteiger partial charge is 0.326 e. The van der Waals surface area contributed by atoms with Crippen molar-refractivity contribution < 1.29 is 14.7 Å². The lowest BCUT2D eigenvalue weighted by Crippen LogP contribution is -2.48. The van der Waals surface area contributed by atoms with Gasteiger partial charge in [-0.25, -0.2) is 4.79 Å². The van der Waals surface area contributed by atoms with Gasteiger partial charge >= 0.3 is 5.97 Å². The number of piperidine rings is 1. The van der Waals surface area contributed by atoms with Gasteiger partial charge in [-0.3, -0.25) is 9.78 Å². The second kappa shape index (κ2) is 5.62. The predicted molar refractivity (Wildman–Crippen MR) is 64.9 cm³/mol. The van der Waals surface area contributed by atoms with Crippen LogP contribution in [0.3, 0.4) is 0 Å². The number of carboxylic acid groups (broad SMARTS) is 1. The van der Waals surface area contributed by atoms with Crippen molar-refractivity contribution in [3.8, 4) is 0 Å². The van der Waals surface area contributed by atoms with Crippen LogP contribution in [0.25, 0.3) is 0 Å². The fourth-order valence-corrected chi connectivity index (χ4v) is 2.27. The lowest BCUT2D eigenvalue weighted by Gasteiger charge is -2.33. The van der Waals surface area contributed by atoms with Gasteiger partial charge in [0.2, 0.25) is 5.91 Å². The van der Waals surface area contributed by atoms with E-state index < -0.39 is 12.0 Å². The van der Waals surface area contributed by atoms with Crippen molar-refractivity contribution in [3.05, 3.63) is 30.1 Å². The molecule has 5 nitrogen and oxygen atoms in total. The summed E-state index contributed by atoms with van der Waals surface area (Å²) in [5, 5.41) is 9.12. The molecule has 0 aromatic carbocycles. The monoisotopic (exact) mass is 248 g/mol. The maximum absolute atomic E-state index is 12.1. The number of carbonyl (C=O) groups is 2. The van der Waals surface area contributed by atoms with E-state index in [0.717, 1.165) is 18.4 Å². The van der Waals surface area contributed by atoms with Gasteiger partial charge < -0.3 is 10.0 Å². The molecule has 1 aliphatic rings. The Kier molecular flexibility index (Phi) is 3.92. The maximum Gasteiger partial charge on any atom is 0.326 e. The molecule has 1 aromatic rings. The molecule has 96 valence electrons. The Morgan fingerprint density at radius 2 is 2.28 bits per heavy atom. The molecule has 0 aliphatic carbocycles. The average Bonchev–Trinajstić information content (AvgIpc) is 2.40. The predicted octanol–water partition coefficient (Wildman–Crippen LogP) is 1.09. The van der Waals surface area contributed by atoms with Crippen LogP contribution in [0.2, 0.25) is 0 Å². The van der Waals surface area contributed by atoms with E-state index in [1.807, 2.05) is 6.07 Å². The number of nitrogens with zero attached hydrogens (tertiary/aromatic N) is 2. The highest BCUT2D eigenvalue weighted by Gasteiger charge is 2.31. The summed E-state index contributed by atoms with van der Waals surface area (Å²) in [6.45, 7) is 0.538. The molecule has 0 bridgehead atoms. The molecule has 1 N–H and O–H groups in total. The molecule has 2 heterocycles. The van der Waals surface area contributed by atoms with Crippen LogP contribution in [-0.4, -0.2) is 39.5 Å². The van der Waals surface area contributed by atoms with Crippen LogP contribution in [0.1, 0.15) is 24.8 Å². The first-order chi connectivity index (χ1) is 8.68. The molecule has 18 heavy (non-hydrogen) atoms. The summed E-state index contributed by atoms with van der Waals surface area (Å²) < 4.78 is 0. The number of carbonyl (C=O) groups excluding carboxylic acids is 1. The lowest BCUT2D eigenvalue weighted by molar-refractivity contribution is -0.151. The summed E-state index contributed by atoms with van der Waals surface area (Å²) >= 11 is 0. The van der Waals surface area contributed by atoms with E-state index in [1.165, 1.54) is 4.90 Å². The second-order valence-corrected chi connectivity index (χ2v) is 4.48. The SMILES string of the molecule is O=C(O)C1CCCCN1C(=O)Cc1cccnc1. The lowest BCUT2D eigenvalue weighted by atomic mass is 10.0. The molecule has 0 saturated carbocycles. The van der Waals surface area contributed by atoms with Gasteiger partial charge in [0.1, 0.15) is 6.04 Å². The first kappa shape index (κ1) is 12.5. The molecule has 1 atom stereocenters. The number of rotatable bonds is 3. The Hall–Kier alpha value is -1.91. The van der Waals surface area contributed by atoms with Gasteiger partial charge in [0.05, 0.1) is 6.42 Å². The Labute approximate surface area is 105 Å². The minimum Gasteiger partial charge on any atom is -0.480 e. The van der Waals surface area contributed by atoms with Crippen molar-refractivity contribution in [2.45, 2.75) is 31.7 Å². The van der Waals surface area contributed by atoms with E-state index in [2.05, 4.69) is 4.98 Å². The van der Waals surface area contributed by atoms with Crippen LogP contribution in [0.5, 0.6) is 0 Å². The van der Waals surface area contributed by atoms with Crippen LogP contribution in [0.15, 0.2) is 24.5 Å². The standard InChI is InChI=1S/C13H16N2O3/c16-12(8-10-4-3-6-14-9-10)15-7-2-1-5-11(15)13(17)18/h3-4,6,9,11H,1-2,5,7-8H2,(H,17,18). The summed E-state index contributed by atoms with van der Waals surface area (Å²) in [6.07, 6.45) is 5.80. The minimum atomic E-state index is -0.908. The van der Waals surface area contributed by atoms with Crippen LogP contribution in [-0.2, 0) is 16.0 Å². The molecule has 1 amide bonds. The average molecular weight is 248 g/mol. The number of aromatic nitrogens is 1. The molecule has 1 aromatic heterocycles. The number of aliphatic carboxylic acids is 1. The van der Waals surface area contributed by atoms with Gasteiger partial charge in [0.25, 0.3) is 0 Å². The molecule has 5 heteroatoms. The van der Waals surface area contributed by atoms with Crippen LogP contribution < -0.4 is 0 Å². The zero-order chi connectivity index (χ0) is 13.0. The highest BCUT2D eigenvalue weighted by molar-refractivity contribution is 5.85. The molecule has 1 aliphatic heterocycles. The summed E-state index contributed by atoms with van der Waals surface area (Å²) in [5.41, 5.74) is 0.817. The van der Waals surface area contributed by atoms with Crippen molar-refractivity contribution >= 4 is 11.9 Å². The molecule has 0 radical (unpaired) electrons. The van der Waals surface area contributed by atoms with Crippen molar-refractivity contribution in [2.24, 2.45) is 0 Å². The Bertz CT molecular complexity index is 433. The number of carboxylic acids is 1. The normalized spacial score (nSPS) is 19.6. The Morgan fingerprint density at radius 1 is 1.44 bits per heavy atom. The van der Waals surface area contributed by atoms with E-state index >= 15 is 0 Å². The maximum atomic E-state index is 12.1. The van der Waals surface area contributed by atoms with Crippen molar-refractivity contribution in [1.29, 1.82) is 0 Å². The summed E-state index contributed by atoms with van der Waals surface area (Å²) in [4.78, 5) is 28.7. The van der Waals surface area contributed by atoms with E-state index in [-0.39, 0.29) is 12.3 Å². The van der Waals surface area contributed by atoms with Gasteiger partial charge in [-0.2, -0.15) is 0 Å². The van der Waals surface area contributed by atoms with Gasteiger partial charge in [-0.1, -0.05) is 6.07 Å². The third kappa shape index (κ3) is 2.85. The summed E-state index contributed by atoms with van der Waals surface area (Å²) in [5.74, 6) is -1.04. The van der Waals surface area contributed by atoms with Gasteiger partial charge in [-0.15, -0.1) is 0 Å². The number of hydrogen-bond acceptors (Lipinski definition) is 3. The zero-order valence-corrected chi connectivity index (χ0v) is 10.1. The highest BCUT2D eigenvalue weighted by atomic mass is 16.4. The molecule has 0 spiro atoms. The number of likely N-dealkylation sites (tertiary alicyclic amines) is 1. The van der Waals surface area contributed by atoms with Gasteiger partial charge in [0, 0.05) is 18.9 Å². The number of pyridine rings is 1. The fraction of sp³-hybridized carbons (Fsp3) is 0.462. The minimum absolute atomic E-state index is 0.130. The number of hydrogen-bond donors (Lipinski definition) is 1. The van der Waals surface area contributed by atoms with Crippen molar-refractivity contribution in [2.75, 3.05) is 6.54 Å². The van der Waals surface area contributed by atoms with E-state index in [1.54, 1.807) is 18.5 Å². The third-order valence-electron chi connectivity index (χ3n) is 3.19. The quantitative estimate of drug-likeness (QED) is 0.869.